The van der Waals surface area contributed by atoms with Gasteiger partial charge in [-0.05, 0) is 30.2 Å². The van der Waals surface area contributed by atoms with Gasteiger partial charge < -0.3 is 28.7 Å². The molecule has 0 saturated carbocycles. The molecular weight excluding hydrogens is 362 g/mol. The fraction of sp³-hybridized carbons (Fsp3) is 0.400. The number of oxazole rings is 1. The summed E-state index contributed by atoms with van der Waals surface area (Å²) in [4.78, 5) is 4.05. The number of aromatic nitrogens is 1. The van der Waals surface area contributed by atoms with E-state index >= 15 is 0 Å². The Hall–Kier alpha value is -2.84. The zero-order chi connectivity index (χ0) is 19.2. The van der Waals surface area contributed by atoms with Crippen LogP contribution in [0.2, 0.25) is 0 Å². The van der Waals surface area contributed by atoms with Crippen molar-refractivity contribution < 1.29 is 23.4 Å². The molecule has 1 fully saturated rings. The first-order chi connectivity index (χ1) is 13.8. The van der Waals surface area contributed by atoms with E-state index in [9.17, 15) is 0 Å². The molecule has 0 bridgehead atoms. The van der Waals surface area contributed by atoms with E-state index in [0.29, 0.717) is 32.3 Å². The third-order valence-corrected chi connectivity index (χ3v) is 4.51. The van der Waals surface area contributed by atoms with Crippen LogP contribution in [0.1, 0.15) is 17.0 Å². The van der Waals surface area contributed by atoms with E-state index in [1.807, 2.05) is 18.2 Å². The van der Waals surface area contributed by atoms with Crippen LogP contribution < -0.4 is 10.1 Å². The van der Waals surface area contributed by atoms with E-state index in [1.54, 1.807) is 12.3 Å². The molecule has 2 aromatic rings. The second kappa shape index (κ2) is 8.90. The monoisotopic (exact) mass is 385 g/mol. The van der Waals surface area contributed by atoms with Crippen LogP contribution in [-0.2, 0) is 27.2 Å². The maximum absolute atomic E-state index is 8.10. The highest BCUT2D eigenvalue weighted by Crippen LogP contribution is 2.26. The second-order valence-corrected chi connectivity index (χ2v) is 6.51. The maximum atomic E-state index is 8.10. The van der Waals surface area contributed by atoms with Crippen molar-refractivity contribution in [3.63, 3.8) is 0 Å². The highest BCUT2D eigenvalue weighted by Gasteiger charge is 2.18. The van der Waals surface area contributed by atoms with Gasteiger partial charge in [0.1, 0.15) is 24.7 Å². The maximum Gasteiger partial charge on any atom is 0.232 e. The standard InChI is InChI=1S/C20H23N3O5/c21-19(28-12-16-11-24-7-8-25-16)10-18-17-2-1-15(9-14(17)3-4-22-18)27-13-20-23-5-6-26-20/h1-2,5-6,9-10,16,21-22H,3-4,7-8,11-13H2/b18-10-,21-19?. The molecular formula is C20H23N3O5. The molecule has 2 aliphatic rings. The van der Waals surface area contributed by atoms with Gasteiger partial charge in [0.05, 0.1) is 26.0 Å². The van der Waals surface area contributed by atoms with Crippen molar-refractivity contribution in [1.82, 2.24) is 10.3 Å². The van der Waals surface area contributed by atoms with Crippen molar-refractivity contribution in [2.75, 3.05) is 33.0 Å². The average molecular weight is 385 g/mol. The predicted molar refractivity (Wildman–Crippen MR) is 101 cm³/mol. The normalized spacial score (nSPS) is 20.3. The lowest BCUT2D eigenvalue weighted by molar-refractivity contribution is -0.103. The van der Waals surface area contributed by atoms with Gasteiger partial charge in [-0.15, -0.1) is 0 Å². The molecule has 1 aromatic carbocycles. The van der Waals surface area contributed by atoms with Crippen molar-refractivity contribution >= 4 is 11.6 Å². The van der Waals surface area contributed by atoms with Crippen molar-refractivity contribution in [1.29, 1.82) is 5.41 Å². The molecule has 0 aliphatic carbocycles. The van der Waals surface area contributed by atoms with E-state index < -0.39 is 0 Å². The summed E-state index contributed by atoms with van der Waals surface area (Å²) in [6.07, 6.45) is 5.58. The SMILES string of the molecule is N=C(/C=C1\NCCc2cc(OCc3ncco3)ccc21)OCC1COCCO1. The molecule has 0 spiro atoms. The van der Waals surface area contributed by atoms with Crippen LogP contribution in [0.5, 0.6) is 5.75 Å². The van der Waals surface area contributed by atoms with Gasteiger partial charge in [-0.2, -0.15) is 0 Å². The van der Waals surface area contributed by atoms with Crippen LogP contribution in [0.15, 0.2) is 41.2 Å². The lowest BCUT2D eigenvalue weighted by Crippen LogP contribution is -2.33. The van der Waals surface area contributed by atoms with E-state index in [-0.39, 0.29) is 18.6 Å². The van der Waals surface area contributed by atoms with E-state index in [1.165, 1.54) is 6.26 Å². The van der Waals surface area contributed by atoms with Gasteiger partial charge in [0.15, 0.2) is 6.61 Å². The second-order valence-electron chi connectivity index (χ2n) is 6.51. The van der Waals surface area contributed by atoms with Crippen molar-refractivity contribution in [2.45, 2.75) is 19.1 Å². The number of fused-ring (bicyclic) bond motifs is 1. The minimum Gasteiger partial charge on any atom is -0.484 e. The summed E-state index contributed by atoms with van der Waals surface area (Å²) in [6, 6.07) is 5.91. The molecule has 28 heavy (non-hydrogen) atoms. The summed E-state index contributed by atoms with van der Waals surface area (Å²) in [5.41, 5.74) is 3.07. The molecule has 1 unspecified atom stereocenters. The van der Waals surface area contributed by atoms with Crippen LogP contribution >= 0.6 is 0 Å². The van der Waals surface area contributed by atoms with Gasteiger partial charge in [-0.25, -0.2) is 4.98 Å². The topological polar surface area (TPSA) is 98.8 Å². The molecule has 1 aromatic heterocycles. The van der Waals surface area contributed by atoms with Crippen LogP contribution in [-0.4, -0.2) is 50.0 Å². The molecule has 8 nitrogen and oxygen atoms in total. The molecule has 1 atom stereocenters. The van der Waals surface area contributed by atoms with Gasteiger partial charge in [0, 0.05) is 23.9 Å². The minimum atomic E-state index is -0.123. The molecule has 0 radical (unpaired) electrons. The number of benzene rings is 1. The van der Waals surface area contributed by atoms with Gasteiger partial charge in [-0.3, -0.25) is 5.41 Å². The summed E-state index contributed by atoms with van der Waals surface area (Å²) in [5.74, 6) is 1.39. The number of ether oxygens (including phenoxy) is 4. The van der Waals surface area contributed by atoms with E-state index in [2.05, 4.69) is 10.3 Å². The van der Waals surface area contributed by atoms with Crippen molar-refractivity contribution in [3.8, 4) is 5.75 Å². The first kappa shape index (κ1) is 18.5. The minimum absolute atomic E-state index is 0.0914. The Labute approximate surface area is 163 Å². The summed E-state index contributed by atoms with van der Waals surface area (Å²) >= 11 is 0. The number of nitrogens with one attached hydrogen (secondary N) is 2. The lowest BCUT2D eigenvalue weighted by atomic mass is 9.97. The molecule has 2 aliphatic heterocycles. The quantitative estimate of drug-likeness (QED) is 0.581. The summed E-state index contributed by atoms with van der Waals surface area (Å²) in [6.45, 7) is 3.07. The van der Waals surface area contributed by atoms with Gasteiger partial charge in [0.25, 0.3) is 0 Å². The molecule has 4 rings (SSSR count). The Kier molecular flexibility index (Phi) is 5.89. The van der Waals surface area contributed by atoms with E-state index in [4.69, 9.17) is 28.8 Å². The number of hydrogen-bond donors (Lipinski definition) is 2. The number of rotatable bonds is 6. The highest BCUT2D eigenvalue weighted by atomic mass is 16.6. The first-order valence-electron chi connectivity index (χ1n) is 9.28. The highest BCUT2D eigenvalue weighted by molar-refractivity contribution is 5.93. The fourth-order valence-corrected chi connectivity index (χ4v) is 3.14. The van der Waals surface area contributed by atoms with Crippen LogP contribution in [0.25, 0.3) is 5.70 Å². The Morgan fingerprint density at radius 2 is 2.32 bits per heavy atom. The third kappa shape index (κ3) is 4.71. The van der Waals surface area contributed by atoms with Crippen LogP contribution in [0.3, 0.4) is 0 Å². The van der Waals surface area contributed by atoms with Gasteiger partial charge in [0.2, 0.25) is 11.8 Å². The average Bonchev–Trinajstić information content (AvgIpc) is 3.25. The Bertz CT molecular complexity index is 828. The zero-order valence-electron chi connectivity index (χ0n) is 15.5. The first-order valence-corrected chi connectivity index (χ1v) is 9.28. The summed E-state index contributed by atoms with van der Waals surface area (Å²) < 4.78 is 27.3. The smallest absolute Gasteiger partial charge is 0.232 e. The Morgan fingerprint density at radius 3 is 3.14 bits per heavy atom. The van der Waals surface area contributed by atoms with Gasteiger partial charge in [-0.1, -0.05) is 0 Å². The van der Waals surface area contributed by atoms with Crippen molar-refractivity contribution in [2.24, 2.45) is 0 Å². The molecule has 148 valence electrons. The third-order valence-electron chi connectivity index (χ3n) is 4.51. The number of nitrogens with zero attached hydrogens (tertiary/aromatic N) is 1. The van der Waals surface area contributed by atoms with Crippen LogP contribution in [0, 0.1) is 5.41 Å². The molecule has 2 N–H and O–H groups in total. The summed E-state index contributed by atoms with van der Waals surface area (Å²) in [5, 5.41) is 11.4. The Balaban J connectivity index is 1.38. The molecule has 0 amide bonds. The molecule has 8 heteroatoms. The van der Waals surface area contributed by atoms with Gasteiger partial charge >= 0.3 is 0 Å². The lowest BCUT2D eigenvalue weighted by Gasteiger charge is -2.24. The predicted octanol–water partition coefficient (Wildman–Crippen LogP) is 2.15. The number of hydrogen-bond acceptors (Lipinski definition) is 8. The summed E-state index contributed by atoms with van der Waals surface area (Å²) in [7, 11) is 0. The largest absolute Gasteiger partial charge is 0.484 e. The fourth-order valence-electron chi connectivity index (χ4n) is 3.14. The van der Waals surface area contributed by atoms with E-state index in [0.717, 1.165) is 35.5 Å². The Morgan fingerprint density at radius 1 is 1.36 bits per heavy atom. The van der Waals surface area contributed by atoms with Crippen molar-refractivity contribution in [3.05, 3.63) is 53.8 Å². The molecule has 3 heterocycles. The van der Waals surface area contributed by atoms with Crippen LogP contribution in [0.4, 0.5) is 0 Å². The zero-order valence-corrected chi connectivity index (χ0v) is 15.5. The molecule has 1 saturated heterocycles.